The van der Waals surface area contributed by atoms with Crippen LogP contribution < -0.4 is 0 Å². The summed E-state index contributed by atoms with van der Waals surface area (Å²) in [4.78, 5) is 15.2. The Morgan fingerprint density at radius 2 is 1.17 bits per heavy atom. The Kier molecular flexibility index (Phi) is 6.97. The molecular weight excluding hydrogens is 635 g/mol. The second-order valence-corrected chi connectivity index (χ2v) is 13.9. The summed E-state index contributed by atoms with van der Waals surface area (Å²) < 4.78 is 6.67. The van der Waals surface area contributed by atoms with Gasteiger partial charge in [0.1, 0.15) is 11.3 Å². The van der Waals surface area contributed by atoms with E-state index in [0.717, 1.165) is 50.8 Å². The minimum Gasteiger partial charge on any atom is -0.460 e. The normalized spacial score (nSPS) is 15.3. The summed E-state index contributed by atoms with van der Waals surface area (Å²) in [5.41, 5.74) is 8.23. The highest BCUT2D eigenvalue weighted by Gasteiger charge is 2.32. The second-order valence-electron chi connectivity index (χ2n) is 13.9. The zero-order valence-corrected chi connectivity index (χ0v) is 28.6. The van der Waals surface area contributed by atoms with Crippen LogP contribution in [0.4, 0.5) is 0 Å². The van der Waals surface area contributed by atoms with Gasteiger partial charge in [-0.15, -0.1) is 0 Å². The van der Waals surface area contributed by atoms with Gasteiger partial charge in [0.05, 0.1) is 0 Å². The predicted octanol–water partition coefficient (Wildman–Crippen LogP) is 12.1. The maximum Gasteiger partial charge on any atom is 0.164 e. The molecule has 0 bridgehead atoms. The van der Waals surface area contributed by atoms with Gasteiger partial charge in [-0.05, 0) is 50.4 Å². The number of allylic oxidation sites excluding steroid dienone is 1. The second kappa shape index (κ2) is 12.0. The highest BCUT2D eigenvalue weighted by Crippen LogP contribution is 2.43. The standard InChI is InChI=1S/C48H33N3O/c1-48(37-25-23-33(24-26-37)39-18-9-16-32-12-7-8-17-38(32)39)28-27-40-43(30-48)52-42-20-10-19-41(44(40)42)47-50-45(34-13-3-2-4-14-34)49-46(51-47)36-22-21-31-11-5-6-15-35(31)29-36/h2-29H,30H2,1H3. The monoisotopic (exact) mass is 667 g/mol. The fourth-order valence-electron chi connectivity index (χ4n) is 7.75. The molecule has 52 heavy (non-hydrogen) atoms. The highest BCUT2D eigenvalue weighted by atomic mass is 16.3. The molecule has 7 aromatic carbocycles. The van der Waals surface area contributed by atoms with E-state index in [0.29, 0.717) is 17.5 Å². The summed E-state index contributed by atoms with van der Waals surface area (Å²) in [6.45, 7) is 2.29. The Bertz CT molecular complexity index is 2830. The Labute approximate surface area is 301 Å². The third-order valence-corrected chi connectivity index (χ3v) is 10.5. The van der Waals surface area contributed by atoms with Crippen LogP contribution in [0.2, 0.25) is 0 Å². The number of benzene rings is 7. The van der Waals surface area contributed by atoms with Gasteiger partial charge in [0, 0.05) is 39.5 Å². The topological polar surface area (TPSA) is 51.8 Å². The molecule has 10 rings (SSSR count). The third-order valence-electron chi connectivity index (χ3n) is 10.5. The maximum atomic E-state index is 6.67. The highest BCUT2D eigenvalue weighted by molar-refractivity contribution is 6.00. The van der Waals surface area contributed by atoms with E-state index in [1.807, 2.05) is 42.5 Å². The van der Waals surface area contributed by atoms with Crippen LogP contribution in [0, 0.1) is 0 Å². The Hall–Kier alpha value is -6.65. The van der Waals surface area contributed by atoms with Crippen molar-refractivity contribution in [2.45, 2.75) is 18.8 Å². The van der Waals surface area contributed by atoms with Crippen molar-refractivity contribution in [3.8, 4) is 45.3 Å². The molecule has 2 heterocycles. The minimum atomic E-state index is -0.227. The molecule has 0 fully saturated rings. The first kappa shape index (κ1) is 30.2. The van der Waals surface area contributed by atoms with Gasteiger partial charge in [0.2, 0.25) is 0 Å². The average Bonchev–Trinajstić information content (AvgIpc) is 3.58. The first-order chi connectivity index (χ1) is 25.6. The van der Waals surface area contributed by atoms with Crippen molar-refractivity contribution in [3.05, 3.63) is 181 Å². The molecule has 2 aromatic heterocycles. The molecule has 0 saturated carbocycles. The number of hydrogen-bond donors (Lipinski definition) is 0. The first-order valence-corrected chi connectivity index (χ1v) is 17.7. The van der Waals surface area contributed by atoms with E-state index in [4.69, 9.17) is 19.4 Å². The molecule has 0 aliphatic heterocycles. The zero-order chi connectivity index (χ0) is 34.6. The van der Waals surface area contributed by atoms with Crippen molar-refractivity contribution in [2.75, 3.05) is 0 Å². The third kappa shape index (κ3) is 5.11. The molecule has 0 N–H and O–H groups in total. The van der Waals surface area contributed by atoms with Crippen molar-refractivity contribution in [1.82, 2.24) is 15.0 Å². The molecule has 4 heteroatoms. The number of rotatable bonds is 5. The molecule has 4 nitrogen and oxygen atoms in total. The molecule has 1 unspecified atom stereocenters. The van der Waals surface area contributed by atoms with Crippen molar-refractivity contribution in [2.24, 2.45) is 0 Å². The van der Waals surface area contributed by atoms with Gasteiger partial charge in [-0.1, -0.05) is 165 Å². The Morgan fingerprint density at radius 1 is 0.519 bits per heavy atom. The van der Waals surface area contributed by atoms with Crippen LogP contribution in [-0.4, -0.2) is 15.0 Å². The number of nitrogens with zero attached hydrogens (tertiary/aromatic N) is 3. The summed E-state index contributed by atoms with van der Waals surface area (Å²) in [5, 5.41) is 5.87. The van der Waals surface area contributed by atoms with Gasteiger partial charge in [0.15, 0.2) is 17.5 Å². The van der Waals surface area contributed by atoms with Gasteiger partial charge in [0.25, 0.3) is 0 Å². The van der Waals surface area contributed by atoms with E-state index in [2.05, 4.69) is 134 Å². The number of aromatic nitrogens is 3. The predicted molar refractivity (Wildman–Crippen MR) is 213 cm³/mol. The van der Waals surface area contributed by atoms with E-state index in [1.54, 1.807) is 0 Å². The van der Waals surface area contributed by atoms with Crippen LogP contribution in [-0.2, 0) is 11.8 Å². The zero-order valence-electron chi connectivity index (χ0n) is 28.6. The van der Waals surface area contributed by atoms with Gasteiger partial charge in [-0.3, -0.25) is 0 Å². The van der Waals surface area contributed by atoms with Gasteiger partial charge in [-0.2, -0.15) is 0 Å². The number of hydrogen-bond acceptors (Lipinski definition) is 4. The Morgan fingerprint density at radius 3 is 2.02 bits per heavy atom. The van der Waals surface area contributed by atoms with E-state index in [9.17, 15) is 0 Å². The van der Waals surface area contributed by atoms with Crippen molar-refractivity contribution >= 4 is 38.6 Å². The van der Waals surface area contributed by atoms with Crippen LogP contribution in [0.15, 0.2) is 168 Å². The lowest BCUT2D eigenvalue weighted by atomic mass is 9.74. The number of furan rings is 1. The average molecular weight is 668 g/mol. The molecule has 1 aliphatic carbocycles. The summed E-state index contributed by atoms with van der Waals surface area (Å²) >= 11 is 0. The van der Waals surface area contributed by atoms with Crippen LogP contribution in [0.1, 0.15) is 23.8 Å². The molecule has 246 valence electrons. The Balaban J connectivity index is 1.05. The smallest absolute Gasteiger partial charge is 0.164 e. The summed E-state index contributed by atoms with van der Waals surface area (Å²) in [6, 6.07) is 55.2. The van der Waals surface area contributed by atoms with Gasteiger partial charge >= 0.3 is 0 Å². The quantitative estimate of drug-likeness (QED) is 0.183. The molecule has 1 atom stereocenters. The molecule has 0 amide bonds. The minimum absolute atomic E-state index is 0.227. The molecule has 0 radical (unpaired) electrons. The van der Waals surface area contributed by atoms with Crippen LogP contribution in [0.25, 0.3) is 83.9 Å². The molecule has 0 spiro atoms. The van der Waals surface area contributed by atoms with E-state index in [-0.39, 0.29) is 5.41 Å². The summed E-state index contributed by atoms with van der Waals surface area (Å²) in [6.07, 6.45) is 5.31. The fraction of sp³-hybridized carbons (Fsp3) is 0.0625. The van der Waals surface area contributed by atoms with Crippen LogP contribution >= 0.6 is 0 Å². The molecule has 1 aliphatic rings. The van der Waals surface area contributed by atoms with Crippen molar-refractivity contribution in [3.63, 3.8) is 0 Å². The van der Waals surface area contributed by atoms with Crippen molar-refractivity contribution < 1.29 is 4.42 Å². The summed E-state index contributed by atoms with van der Waals surface area (Å²) in [5.74, 6) is 2.87. The maximum absolute atomic E-state index is 6.67. The summed E-state index contributed by atoms with van der Waals surface area (Å²) in [7, 11) is 0. The molecule has 0 saturated heterocycles. The van der Waals surface area contributed by atoms with E-state index >= 15 is 0 Å². The first-order valence-electron chi connectivity index (χ1n) is 17.7. The number of fused-ring (bicyclic) bond motifs is 5. The van der Waals surface area contributed by atoms with Crippen molar-refractivity contribution in [1.29, 1.82) is 0 Å². The SMILES string of the molecule is CC1(c2ccc(-c3cccc4ccccc34)cc2)C=Cc2c(oc3cccc(-c4nc(-c5ccccc5)nc(-c5ccc6ccccc6c5)n4)c23)C1. The lowest BCUT2D eigenvalue weighted by Crippen LogP contribution is -2.24. The van der Waals surface area contributed by atoms with E-state index in [1.165, 1.54) is 32.8 Å². The van der Waals surface area contributed by atoms with Gasteiger partial charge in [-0.25, -0.2) is 15.0 Å². The molecular formula is C48H33N3O. The lowest BCUT2D eigenvalue weighted by molar-refractivity contribution is 0.475. The molecule has 9 aromatic rings. The van der Waals surface area contributed by atoms with Gasteiger partial charge < -0.3 is 4.42 Å². The largest absolute Gasteiger partial charge is 0.460 e. The van der Waals surface area contributed by atoms with Crippen LogP contribution in [0.5, 0.6) is 0 Å². The fourth-order valence-corrected chi connectivity index (χ4v) is 7.75. The van der Waals surface area contributed by atoms with E-state index < -0.39 is 0 Å². The lowest BCUT2D eigenvalue weighted by Gasteiger charge is -2.29. The van der Waals surface area contributed by atoms with Crippen LogP contribution in [0.3, 0.4) is 0 Å².